The Labute approximate surface area is 110 Å². The molecule has 100 valence electrons. The zero-order valence-electron chi connectivity index (χ0n) is 9.97. The van der Waals surface area contributed by atoms with E-state index >= 15 is 0 Å². The maximum absolute atomic E-state index is 13.2. The Morgan fingerprint density at radius 3 is 2.72 bits per heavy atom. The quantitative estimate of drug-likeness (QED) is 0.858. The Balaban J connectivity index is 2.34. The van der Waals surface area contributed by atoms with Gasteiger partial charge >= 0.3 is 0 Å². The van der Waals surface area contributed by atoms with Crippen molar-refractivity contribution in [1.82, 2.24) is 4.31 Å². The molecule has 1 aliphatic heterocycles. The van der Waals surface area contributed by atoms with Crippen molar-refractivity contribution < 1.29 is 12.8 Å². The van der Waals surface area contributed by atoms with Gasteiger partial charge in [0.1, 0.15) is 5.82 Å². The molecule has 0 aromatic heterocycles. The summed E-state index contributed by atoms with van der Waals surface area (Å²) in [6, 6.07) is 3.37. The van der Waals surface area contributed by atoms with Crippen LogP contribution in [0.1, 0.15) is 6.42 Å². The molecule has 0 radical (unpaired) electrons. The minimum atomic E-state index is -3.67. The van der Waals surface area contributed by atoms with Crippen LogP contribution in [0.5, 0.6) is 0 Å². The van der Waals surface area contributed by atoms with Crippen LogP contribution in [0.25, 0.3) is 0 Å². The van der Waals surface area contributed by atoms with Crippen molar-refractivity contribution in [3.8, 4) is 0 Å². The summed E-state index contributed by atoms with van der Waals surface area (Å²) in [5, 5.41) is 0. The summed E-state index contributed by atoms with van der Waals surface area (Å²) in [5.41, 5.74) is 5.60. The first kappa shape index (κ1) is 13.6. The molecule has 1 atom stereocenters. The molecule has 0 spiro atoms. The first-order valence-electron chi connectivity index (χ1n) is 5.53. The number of nitrogens with two attached hydrogens (primary N) is 1. The lowest BCUT2D eigenvalue weighted by molar-refractivity contribution is 0.394. The molecule has 0 bridgehead atoms. The number of hydrogen-bond acceptors (Lipinski definition) is 4. The summed E-state index contributed by atoms with van der Waals surface area (Å²) >= 11 is 1.72. The fourth-order valence-electron chi connectivity index (χ4n) is 1.90. The van der Waals surface area contributed by atoms with Gasteiger partial charge in [-0.25, -0.2) is 12.8 Å². The lowest BCUT2D eigenvalue weighted by atomic mass is 10.3. The van der Waals surface area contributed by atoms with Gasteiger partial charge in [-0.3, -0.25) is 0 Å². The minimum absolute atomic E-state index is 0.0236. The number of nitrogens with zero attached hydrogens (tertiary/aromatic N) is 1. The Bertz CT molecular complexity index is 522. The summed E-state index contributed by atoms with van der Waals surface area (Å²) in [6.45, 7) is 0. The highest BCUT2D eigenvalue weighted by Gasteiger charge is 2.30. The molecular formula is C11H15FN2O2S2. The summed E-state index contributed by atoms with van der Waals surface area (Å²) in [5.74, 6) is 1.10. The predicted molar refractivity (Wildman–Crippen MR) is 71.5 cm³/mol. The van der Waals surface area contributed by atoms with Gasteiger partial charge in [0, 0.05) is 24.5 Å². The van der Waals surface area contributed by atoms with E-state index in [1.54, 1.807) is 11.8 Å². The molecule has 2 N–H and O–H groups in total. The maximum Gasteiger partial charge on any atom is 0.243 e. The normalized spacial score (nSPS) is 20.5. The molecule has 4 nitrogen and oxygen atoms in total. The van der Waals surface area contributed by atoms with Crippen LogP contribution in [0.3, 0.4) is 0 Å². The van der Waals surface area contributed by atoms with E-state index in [4.69, 9.17) is 5.73 Å². The third-order valence-corrected chi connectivity index (χ3v) is 6.02. The van der Waals surface area contributed by atoms with E-state index < -0.39 is 15.8 Å². The minimum Gasteiger partial charge on any atom is -0.399 e. The van der Waals surface area contributed by atoms with Gasteiger partial charge in [0.2, 0.25) is 10.0 Å². The van der Waals surface area contributed by atoms with E-state index in [9.17, 15) is 12.8 Å². The average molecular weight is 290 g/mol. The molecular weight excluding hydrogens is 275 g/mol. The molecule has 7 heteroatoms. The van der Waals surface area contributed by atoms with Gasteiger partial charge in [0.25, 0.3) is 0 Å². The maximum atomic E-state index is 13.2. The van der Waals surface area contributed by atoms with Crippen LogP contribution in [-0.2, 0) is 10.0 Å². The Morgan fingerprint density at radius 2 is 2.17 bits per heavy atom. The van der Waals surface area contributed by atoms with Crippen LogP contribution in [0.2, 0.25) is 0 Å². The molecule has 18 heavy (non-hydrogen) atoms. The van der Waals surface area contributed by atoms with Crippen LogP contribution in [0.4, 0.5) is 10.1 Å². The highest BCUT2D eigenvalue weighted by molar-refractivity contribution is 7.99. The number of anilines is 1. The van der Waals surface area contributed by atoms with Gasteiger partial charge in [-0.15, -0.1) is 0 Å². The topological polar surface area (TPSA) is 63.4 Å². The molecule has 1 unspecified atom stereocenters. The fraction of sp³-hybridized carbons (Fsp3) is 0.455. The summed E-state index contributed by atoms with van der Waals surface area (Å²) < 4.78 is 39.2. The summed E-state index contributed by atoms with van der Waals surface area (Å²) in [4.78, 5) is -0.0839. The van der Waals surface area contributed by atoms with Crippen molar-refractivity contribution >= 4 is 27.5 Å². The monoisotopic (exact) mass is 290 g/mol. The molecule has 1 aromatic carbocycles. The highest BCUT2D eigenvalue weighted by Crippen LogP contribution is 2.27. The first-order chi connectivity index (χ1) is 8.41. The third-order valence-electron chi connectivity index (χ3n) is 2.99. The van der Waals surface area contributed by atoms with Crippen LogP contribution < -0.4 is 5.73 Å². The molecule has 2 rings (SSSR count). The van der Waals surface area contributed by atoms with E-state index in [2.05, 4.69) is 0 Å². The second kappa shape index (κ2) is 5.07. The standard InChI is InChI=1S/C11H15FN2O2S2/c1-14(10-2-3-17-7-10)18(15,16)11-5-8(12)4-9(13)6-11/h4-6,10H,2-3,7,13H2,1H3. The molecule has 0 amide bonds. The first-order valence-corrected chi connectivity index (χ1v) is 8.12. The number of benzene rings is 1. The SMILES string of the molecule is CN(C1CCSC1)S(=O)(=O)c1cc(N)cc(F)c1. The zero-order chi connectivity index (χ0) is 13.3. The molecule has 1 saturated heterocycles. The van der Waals surface area contributed by atoms with Gasteiger partial charge in [-0.1, -0.05) is 0 Å². The van der Waals surface area contributed by atoms with E-state index in [1.165, 1.54) is 17.4 Å². The fourth-order valence-corrected chi connectivity index (χ4v) is 4.72. The summed E-state index contributed by atoms with van der Waals surface area (Å²) in [6.07, 6.45) is 0.825. The second-order valence-corrected chi connectivity index (χ2v) is 7.41. The summed E-state index contributed by atoms with van der Waals surface area (Å²) in [7, 11) is -2.13. The highest BCUT2D eigenvalue weighted by atomic mass is 32.2. The largest absolute Gasteiger partial charge is 0.399 e. The Hall–Kier alpha value is -0.790. The number of nitrogen functional groups attached to an aromatic ring is 1. The second-order valence-electron chi connectivity index (χ2n) is 4.26. The van der Waals surface area contributed by atoms with Gasteiger partial charge < -0.3 is 5.73 Å². The van der Waals surface area contributed by atoms with E-state index in [-0.39, 0.29) is 16.6 Å². The van der Waals surface area contributed by atoms with E-state index in [0.717, 1.165) is 30.1 Å². The predicted octanol–water partition coefficient (Wildman–Crippen LogP) is 1.53. The molecule has 0 saturated carbocycles. The Kier molecular flexibility index (Phi) is 3.84. The average Bonchev–Trinajstić information content (AvgIpc) is 2.79. The van der Waals surface area contributed by atoms with Crippen LogP contribution in [0.15, 0.2) is 23.1 Å². The molecule has 1 aliphatic rings. The van der Waals surface area contributed by atoms with Crippen molar-refractivity contribution in [2.45, 2.75) is 17.4 Å². The molecule has 1 heterocycles. The van der Waals surface area contributed by atoms with Gasteiger partial charge in [0.05, 0.1) is 4.90 Å². The molecule has 1 aromatic rings. The lowest BCUT2D eigenvalue weighted by Gasteiger charge is -2.23. The smallest absolute Gasteiger partial charge is 0.243 e. The van der Waals surface area contributed by atoms with E-state index in [0.29, 0.717) is 0 Å². The van der Waals surface area contributed by atoms with Crippen LogP contribution in [0, 0.1) is 5.82 Å². The van der Waals surface area contributed by atoms with Crippen molar-refractivity contribution in [3.63, 3.8) is 0 Å². The molecule has 0 aliphatic carbocycles. The van der Waals surface area contributed by atoms with Crippen LogP contribution in [-0.4, -0.2) is 37.3 Å². The van der Waals surface area contributed by atoms with Crippen LogP contribution >= 0.6 is 11.8 Å². The van der Waals surface area contributed by atoms with Crippen molar-refractivity contribution in [2.75, 3.05) is 24.3 Å². The Morgan fingerprint density at radius 1 is 1.44 bits per heavy atom. The number of thioether (sulfide) groups is 1. The van der Waals surface area contributed by atoms with Crippen molar-refractivity contribution in [1.29, 1.82) is 0 Å². The van der Waals surface area contributed by atoms with Gasteiger partial charge in [-0.2, -0.15) is 16.1 Å². The number of hydrogen-bond donors (Lipinski definition) is 1. The van der Waals surface area contributed by atoms with Gasteiger partial charge in [0.15, 0.2) is 0 Å². The van der Waals surface area contributed by atoms with Crippen molar-refractivity contribution in [3.05, 3.63) is 24.0 Å². The zero-order valence-corrected chi connectivity index (χ0v) is 11.6. The number of sulfonamides is 1. The molecule has 1 fully saturated rings. The lowest BCUT2D eigenvalue weighted by Crippen LogP contribution is -2.37. The van der Waals surface area contributed by atoms with Gasteiger partial charge in [-0.05, 0) is 30.4 Å². The number of rotatable bonds is 3. The number of halogens is 1. The van der Waals surface area contributed by atoms with E-state index in [1.807, 2.05) is 0 Å². The van der Waals surface area contributed by atoms with Crippen molar-refractivity contribution in [2.24, 2.45) is 0 Å². The third kappa shape index (κ3) is 2.62.